The first-order valence-corrected chi connectivity index (χ1v) is 17.1. The third-order valence-electron chi connectivity index (χ3n) is 7.98. The van der Waals surface area contributed by atoms with Gasteiger partial charge in [-0.25, -0.2) is 4.79 Å². The Morgan fingerprint density at radius 3 is 2.15 bits per heavy atom. The topological polar surface area (TPSA) is 94.5 Å². The quantitative estimate of drug-likeness (QED) is 0.115. The molecular weight excluding hydrogens is 580 g/mol. The van der Waals surface area contributed by atoms with Gasteiger partial charge < -0.3 is 29.2 Å². The molecule has 262 valence electrons. The Morgan fingerprint density at radius 1 is 0.957 bits per heavy atom. The van der Waals surface area contributed by atoms with Crippen molar-refractivity contribution >= 4 is 5.97 Å². The first kappa shape index (κ1) is 43.1. The van der Waals surface area contributed by atoms with Crippen LogP contribution in [0.4, 0.5) is 0 Å². The van der Waals surface area contributed by atoms with Crippen molar-refractivity contribution in [1.82, 2.24) is 0 Å². The Kier molecular flexibility index (Phi) is 23.7. The molecule has 0 bridgehead atoms. The molecule has 0 fully saturated rings. The number of benzene rings is 1. The maximum Gasteiger partial charge on any atom is 0.333 e. The number of aliphatic hydroxyl groups excluding tert-OH is 2. The number of esters is 1. The number of aliphatic hydroxyl groups is 2. The highest BCUT2D eigenvalue weighted by Gasteiger charge is 2.26. The van der Waals surface area contributed by atoms with Crippen molar-refractivity contribution < 1.29 is 34.0 Å². The van der Waals surface area contributed by atoms with E-state index < -0.39 is 18.2 Å². The van der Waals surface area contributed by atoms with Crippen LogP contribution in [0, 0.1) is 11.8 Å². The predicted octanol–water partition coefficient (Wildman–Crippen LogP) is 8.50. The molecule has 0 aliphatic heterocycles. The Morgan fingerprint density at radius 2 is 1.59 bits per heavy atom. The SMILES string of the molecule is C=C(C)C(=O)OCC(O)COC1=CCC=CC=C1.CC.CCOCC(O)COc1ccc(C(C)(CC)CCC(CC)C(C)C)cc1. The highest BCUT2D eigenvalue weighted by molar-refractivity contribution is 5.86. The molecule has 7 nitrogen and oxygen atoms in total. The normalized spacial score (nSPS) is 15.4. The van der Waals surface area contributed by atoms with E-state index in [9.17, 15) is 15.0 Å². The van der Waals surface area contributed by atoms with Crippen molar-refractivity contribution in [3.8, 4) is 5.75 Å². The highest BCUT2D eigenvalue weighted by Crippen LogP contribution is 2.36. The van der Waals surface area contributed by atoms with Crippen LogP contribution in [0.3, 0.4) is 0 Å². The summed E-state index contributed by atoms with van der Waals surface area (Å²) in [6.45, 7) is 23.7. The van der Waals surface area contributed by atoms with Gasteiger partial charge in [-0.15, -0.1) is 0 Å². The number of carbonyl (C=O) groups excluding carboxylic acids is 1. The first-order valence-electron chi connectivity index (χ1n) is 17.1. The summed E-state index contributed by atoms with van der Waals surface area (Å²) in [5, 5.41) is 19.4. The molecule has 1 aliphatic carbocycles. The van der Waals surface area contributed by atoms with Crippen LogP contribution in [-0.2, 0) is 24.4 Å². The Labute approximate surface area is 280 Å². The van der Waals surface area contributed by atoms with E-state index >= 15 is 0 Å². The summed E-state index contributed by atoms with van der Waals surface area (Å²) in [6.07, 6.45) is 13.8. The highest BCUT2D eigenvalue weighted by atomic mass is 16.5. The van der Waals surface area contributed by atoms with Gasteiger partial charge in [0.25, 0.3) is 0 Å². The van der Waals surface area contributed by atoms with Gasteiger partial charge in [0.15, 0.2) is 0 Å². The fraction of sp³-hybridized carbons (Fsp3) is 0.615. The van der Waals surface area contributed by atoms with Crippen LogP contribution in [0.15, 0.2) is 72.6 Å². The molecule has 0 saturated heterocycles. The number of hydrogen-bond acceptors (Lipinski definition) is 7. The van der Waals surface area contributed by atoms with E-state index in [1.807, 2.05) is 63.3 Å². The molecule has 0 aromatic heterocycles. The van der Waals surface area contributed by atoms with Gasteiger partial charge in [-0.05, 0) is 86.6 Å². The van der Waals surface area contributed by atoms with Crippen molar-refractivity contribution in [3.05, 3.63) is 78.1 Å². The summed E-state index contributed by atoms with van der Waals surface area (Å²) >= 11 is 0. The van der Waals surface area contributed by atoms with Crippen LogP contribution in [0.25, 0.3) is 0 Å². The summed E-state index contributed by atoms with van der Waals surface area (Å²) in [5.41, 5.74) is 1.89. The second-order valence-corrected chi connectivity index (χ2v) is 12.0. The second kappa shape index (κ2) is 25.2. The van der Waals surface area contributed by atoms with E-state index in [-0.39, 0.29) is 25.2 Å². The van der Waals surface area contributed by atoms with Gasteiger partial charge in [0.2, 0.25) is 0 Å². The summed E-state index contributed by atoms with van der Waals surface area (Å²) in [5.74, 6) is 2.55. The lowest BCUT2D eigenvalue weighted by Crippen LogP contribution is -2.24. The molecule has 4 unspecified atom stereocenters. The molecule has 4 atom stereocenters. The zero-order chi connectivity index (χ0) is 35.0. The molecule has 0 radical (unpaired) electrons. The Bertz CT molecular complexity index is 1040. The summed E-state index contributed by atoms with van der Waals surface area (Å²) in [7, 11) is 0. The van der Waals surface area contributed by atoms with Crippen molar-refractivity contribution in [1.29, 1.82) is 0 Å². The van der Waals surface area contributed by atoms with Gasteiger partial charge in [-0.2, -0.15) is 0 Å². The lowest BCUT2D eigenvalue weighted by molar-refractivity contribution is -0.142. The molecule has 1 aromatic carbocycles. The van der Waals surface area contributed by atoms with Crippen LogP contribution in [0.5, 0.6) is 5.75 Å². The monoisotopic (exact) mass is 644 g/mol. The number of hydrogen-bond donors (Lipinski definition) is 2. The first-order chi connectivity index (χ1) is 21.9. The van der Waals surface area contributed by atoms with Crippen molar-refractivity contribution in [2.45, 2.75) is 112 Å². The maximum absolute atomic E-state index is 11.1. The summed E-state index contributed by atoms with van der Waals surface area (Å²) in [6, 6.07) is 8.42. The van der Waals surface area contributed by atoms with Gasteiger partial charge in [-0.1, -0.05) is 91.8 Å². The van der Waals surface area contributed by atoms with Crippen LogP contribution < -0.4 is 4.74 Å². The van der Waals surface area contributed by atoms with E-state index in [2.05, 4.69) is 53.3 Å². The average Bonchev–Trinajstić information content (AvgIpc) is 3.34. The van der Waals surface area contributed by atoms with E-state index in [1.165, 1.54) is 24.8 Å². The van der Waals surface area contributed by atoms with Crippen LogP contribution in [0.1, 0.15) is 100.0 Å². The zero-order valence-electron chi connectivity index (χ0n) is 30.2. The predicted molar refractivity (Wildman–Crippen MR) is 190 cm³/mol. The minimum Gasteiger partial charge on any atom is -0.491 e. The van der Waals surface area contributed by atoms with Crippen molar-refractivity contribution in [3.63, 3.8) is 0 Å². The maximum atomic E-state index is 11.1. The molecule has 0 heterocycles. The molecule has 1 aromatic rings. The van der Waals surface area contributed by atoms with E-state index in [0.29, 0.717) is 24.5 Å². The lowest BCUT2D eigenvalue weighted by atomic mass is 9.73. The average molecular weight is 645 g/mol. The minimum absolute atomic E-state index is 0.0830. The molecule has 2 rings (SSSR count). The van der Waals surface area contributed by atoms with E-state index in [1.54, 1.807) is 6.92 Å². The Hall–Kier alpha value is -2.87. The number of carbonyl (C=O) groups is 1. The minimum atomic E-state index is -0.848. The second-order valence-electron chi connectivity index (χ2n) is 12.0. The van der Waals surface area contributed by atoms with Crippen LogP contribution >= 0.6 is 0 Å². The van der Waals surface area contributed by atoms with E-state index in [0.717, 1.165) is 30.4 Å². The number of allylic oxidation sites excluding steroid dienone is 5. The zero-order valence-corrected chi connectivity index (χ0v) is 30.2. The molecule has 1 aliphatic rings. The van der Waals surface area contributed by atoms with Gasteiger partial charge in [-0.3, -0.25) is 0 Å². The lowest BCUT2D eigenvalue weighted by Gasteiger charge is -2.32. The number of ether oxygens (including phenoxy) is 4. The Balaban J connectivity index is 0.000000885. The molecule has 0 amide bonds. The third kappa shape index (κ3) is 18.3. The summed E-state index contributed by atoms with van der Waals surface area (Å²) < 4.78 is 21.1. The largest absolute Gasteiger partial charge is 0.491 e. The van der Waals surface area contributed by atoms with Gasteiger partial charge in [0.05, 0.1) is 6.61 Å². The molecule has 7 heteroatoms. The van der Waals surface area contributed by atoms with E-state index in [4.69, 9.17) is 18.9 Å². The molecule has 2 N–H and O–H groups in total. The van der Waals surface area contributed by atoms with Gasteiger partial charge >= 0.3 is 5.97 Å². The smallest absolute Gasteiger partial charge is 0.333 e. The molecule has 0 saturated carbocycles. The molecule has 46 heavy (non-hydrogen) atoms. The van der Waals surface area contributed by atoms with Crippen molar-refractivity contribution in [2.24, 2.45) is 11.8 Å². The van der Waals surface area contributed by atoms with Gasteiger partial charge in [0, 0.05) is 12.2 Å². The fourth-order valence-electron chi connectivity index (χ4n) is 4.69. The van der Waals surface area contributed by atoms with Crippen LogP contribution in [-0.4, -0.2) is 61.4 Å². The molecular formula is C39H64O7. The number of rotatable bonds is 19. The third-order valence-corrected chi connectivity index (χ3v) is 7.98. The van der Waals surface area contributed by atoms with Crippen molar-refractivity contribution in [2.75, 3.05) is 33.0 Å². The van der Waals surface area contributed by atoms with Crippen LogP contribution in [0.2, 0.25) is 0 Å². The fourth-order valence-corrected chi connectivity index (χ4v) is 4.69. The van der Waals surface area contributed by atoms with Gasteiger partial charge in [0.1, 0.15) is 43.5 Å². The molecule has 0 spiro atoms. The summed E-state index contributed by atoms with van der Waals surface area (Å²) in [4.78, 5) is 11.1. The standard InChI is InChI=1S/C23H40O3.C14H18O4.C2H6/c1-7-19(18(4)5)14-15-23(6,8-2)20-10-12-22(13-11-20)26-17-21(24)16-25-9-3;1-11(2)14(16)18-10-12(15)9-17-13-7-5-3-4-6-8-13;1-2/h10-13,18-19,21,24H,7-9,14-17H2,1-6H3;3-5,7-8,12,15H,1,6,9-10H2,2H3;1-2H3.